The predicted molar refractivity (Wildman–Crippen MR) is 128 cm³/mol. The van der Waals surface area contributed by atoms with Crippen LogP contribution >= 0.6 is 0 Å². The van der Waals surface area contributed by atoms with E-state index in [2.05, 4.69) is 44.9 Å². The third kappa shape index (κ3) is 4.63. The van der Waals surface area contributed by atoms with Crippen molar-refractivity contribution in [1.82, 2.24) is 14.0 Å². The van der Waals surface area contributed by atoms with Gasteiger partial charge in [-0.2, -0.15) is 12.7 Å². The van der Waals surface area contributed by atoms with E-state index in [0.29, 0.717) is 13.1 Å². The first kappa shape index (κ1) is 21.9. The number of nitrogens with zero attached hydrogens (tertiary/aromatic N) is 2. The van der Waals surface area contributed by atoms with Crippen LogP contribution in [0.5, 0.6) is 0 Å². The van der Waals surface area contributed by atoms with Gasteiger partial charge in [-0.05, 0) is 49.1 Å². The van der Waals surface area contributed by atoms with Crippen molar-refractivity contribution in [3.63, 3.8) is 0 Å². The molecular formula is C24H32N4O2S. The van der Waals surface area contributed by atoms with Crippen LogP contribution in [-0.4, -0.2) is 50.9 Å². The molecule has 1 fully saturated rings. The molecule has 0 bridgehead atoms. The first-order valence-corrected chi connectivity index (χ1v) is 12.4. The largest absolute Gasteiger partial charge is 0.378 e. The van der Waals surface area contributed by atoms with Crippen molar-refractivity contribution in [2.45, 2.75) is 38.1 Å². The lowest BCUT2D eigenvalue weighted by Gasteiger charge is -2.32. The monoisotopic (exact) mass is 440 g/mol. The number of piperidine rings is 1. The van der Waals surface area contributed by atoms with E-state index < -0.39 is 10.2 Å². The molecule has 6 nitrogen and oxygen atoms in total. The smallest absolute Gasteiger partial charge is 0.279 e. The van der Waals surface area contributed by atoms with Gasteiger partial charge in [0.15, 0.2) is 0 Å². The fourth-order valence-electron chi connectivity index (χ4n) is 4.49. The molecule has 2 atom stereocenters. The second kappa shape index (κ2) is 9.02. The fourth-order valence-corrected chi connectivity index (χ4v) is 5.99. The van der Waals surface area contributed by atoms with Crippen LogP contribution in [0.15, 0.2) is 54.7 Å². The quantitative estimate of drug-likeness (QED) is 0.582. The van der Waals surface area contributed by atoms with E-state index in [4.69, 9.17) is 0 Å². The Hall–Kier alpha value is -2.35. The number of para-hydroxylation sites is 1. The van der Waals surface area contributed by atoms with Gasteiger partial charge in [-0.3, -0.25) is 0 Å². The number of aromatic nitrogens is 1. The van der Waals surface area contributed by atoms with E-state index in [-0.39, 0.29) is 12.0 Å². The molecule has 31 heavy (non-hydrogen) atoms. The maximum absolute atomic E-state index is 13.1. The van der Waals surface area contributed by atoms with Crippen molar-refractivity contribution in [1.29, 1.82) is 0 Å². The Morgan fingerprint density at radius 2 is 1.87 bits per heavy atom. The summed E-state index contributed by atoms with van der Waals surface area (Å²) in [6.45, 7) is 2.90. The molecule has 0 spiro atoms. The van der Waals surface area contributed by atoms with Gasteiger partial charge < -0.3 is 9.88 Å². The highest BCUT2D eigenvalue weighted by molar-refractivity contribution is 7.87. The molecule has 2 heterocycles. The Morgan fingerprint density at radius 3 is 2.58 bits per heavy atom. The summed E-state index contributed by atoms with van der Waals surface area (Å²) in [6, 6.07) is 16.6. The Labute approximate surface area is 185 Å². The summed E-state index contributed by atoms with van der Waals surface area (Å²) in [6.07, 6.45) is 4.93. The van der Waals surface area contributed by atoms with Gasteiger partial charge in [-0.25, -0.2) is 4.72 Å². The summed E-state index contributed by atoms with van der Waals surface area (Å²) in [5.74, 6) is -0.0952. The lowest BCUT2D eigenvalue weighted by Crippen LogP contribution is -2.48. The van der Waals surface area contributed by atoms with Crippen LogP contribution in [0.3, 0.4) is 0 Å². The highest BCUT2D eigenvalue weighted by atomic mass is 32.2. The van der Waals surface area contributed by atoms with Crippen LogP contribution < -0.4 is 9.62 Å². The van der Waals surface area contributed by atoms with Crippen LogP contribution in [0.2, 0.25) is 0 Å². The van der Waals surface area contributed by atoms with Gasteiger partial charge in [-0.15, -0.1) is 0 Å². The molecule has 0 radical (unpaired) electrons. The minimum Gasteiger partial charge on any atom is -0.378 e. The molecule has 1 aromatic heterocycles. The van der Waals surface area contributed by atoms with Crippen LogP contribution in [0, 0.1) is 0 Å². The second-order valence-electron chi connectivity index (χ2n) is 8.64. The zero-order valence-corrected chi connectivity index (χ0v) is 19.3. The third-order valence-electron chi connectivity index (χ3n) is 6.33. The van der Waals surface area contributed by atoms with Crippen molar-refractivity contribution in [3.8, 4) is 0 Å². The second-order valence-corrected chi connectivity index (χ2v) is 10.3. The van der Waals surface area contributed by atoms with Crippen molar-refractivity contribution in [3.05, 3.63) is 65.9 Å². The molecule has 7 heteroatoms. The maximum Gasteiger partial charge on any atom is 0.279 e. The van der Waals surface area contributed by atoms with Crippen LogP contribution in [0.1, 0.15) is 43.2 Å². The van der Waals surface area contributed by atoms with Gasteiger partial charge in [0.1, 0.15) is 0 Å². The first-order valence-electron chi connectivity index (χ1n) is 11.0. The average molecular weight is 441 g/mol. The predicted octanol–water partition coefficient (Wildman–Crippen LogP) is 4.07. The summed E-state index contributed by atoms with van der Waals surface area (Å²) < 4.78 is 30.8. The number of anilines is 1. The van der Waals surface area contributed by atoms with Gasteiger partial charge >= 0.3 is 0 Å². The molecule has 0 amide bonds. The van der Waals surface area contributed by atoms with Crippen molar-refractivity contribution in [2.24, 2.45) is 0 Å². The fraction of sp³-hybridized carbons (Fsp3) is 0.417. The lowest BCUT2D eigenvalue weighted by molar-refractivity contribution is 0.265. The zero-order chi connectivity index (χ0) is 22.0. The number of H-pyrrole nitrogens is 1. The minimum atomic E-state index is -3.54. The third-order valence-corrected chi connectivity index (χ3v) is 8.02. The van der Waals surface area contributed by atoms with Gasteiger partial charge in [0.05, 0.1) is 0 Å². The molecule has 166 valence electrons. The lowest BCUT2D eigenvalue weighted by atomic mass is 9.91. The van der Waals surface area contributed by atoms with E-state index in [1.807, 2.05) is 45.4 Å². The summed E-state index contributed by atoms with van der Waals surface area (Å²) in [4.78, 5) is 5.40. The van der Waals surface area contributed by atoms with E-state index in [1.165, 1.54) is 0 Å². The molecule has 2 aromatic carbocycles. The minimum absolute atomic E-state index is 0.0390. The number of nitrogens with one attached hydrogen (secondary N) is 2. The van der Waals surface area contributed by atoms with E-state index >= 15 is 0 Å². The first-order chi connectivity index (χ1) is 14.9. The highest BCUT2D eigenvalue weighted by Gasteiger charge is 2.30. The number of aromatic amines is 1. The van der Waals surface area contributed by atoms with Crippen molar-refractivity contribution < 1.29 is 8.42 Å². The number of fused-ring (bicyclic) bond motifs is 1. The molecular weight excluding hydrogens is 408 g/mol. The van der Waals surface area contributed by atoms with E-state index in [0.717, 1.165) is 47.0 Å². The molecule has 3 aromatic rings. The summed E-state index contributed by atoms with van der Waals surface area (Å²) >= 11 is 0. The Morgan fingerprint density at radius 1 is 1.13 bits per heavy atom. The number of benzene rings is 2. The van der Waals surface area contributed by atoms with Gasteiger partial charge in [0.2, 0.25) is 0 Å². The van der Waals surface area contributed by atoms with Crippen molar-refractivity contribution >= 4 is 26.8 Å². The summed E-state index contributed by atoms with van der Waals surface area (Å²) in [5.41, 5.74) is 4.36. The van der Waals surface area contributed by atoms with Crippen LogP contribution in [0.4, 0.5) is 5.69 Å². The topological polar surface area (TPSA) is 68.4 Å². The molecule has 2 N–H and O–H groups in total. The summed E-state index contributed by atoms with van der Waals surface area (Å²) in [5, 5.41) is 1.12. The Kier molecular flexibility index (Phi) is 6.36. The summed E-state index contributed by atoms with van der Waals surface area (Å²) in [7, 11) is 0.491. The molecule has 1 aliphatic rings. The molecule has 0 aliphatic carbocycles. The highest BCUT2D eigenvalue weighted by Crippen LogP contribution is 2.32. The molecule has 0 saturated carbocycles. The van der Waals surface area contributed by atoms with Gasteiger partial charge in [-0.1, -0.05) is 36.8 Å². The molecule has 2 unspecified atom stereocenters. The maximum atomic E-state index is 13.1. The van der Waals surface area contributed by atoms with Crippen molar-refractivity contribution in [2.75, 3.05) is 32.1 Å². The number of hydrogen-bond acceptors (Lipinski definition) is 3. The zero-order valence-electron chi connectivity index (χ0n) is 18.5. The van der Waals surface area contributed by atoms with E-state index in [9.17, 15) is 8.42 Å². The number of rotatable bonds is 7. The van der Waals surface area contributed by atoms with E-state index in [1.54, 1.807) is 4.31 Å². The van der Waals surface area contributed by atoms with Crippen LogP contribution in [-0.2, 0) is 10.2 Å². The normalized spacial score (nSPS) is 18.9. The Balaban J connectivity index is 1.65. The number of hydrogen-bond donors (Lipinski definition) is 2. The molecule has 1 saturated heterocycles. The molecule has 1 aliphatic heterocycles. The Bertz CT molecular complexity index is 1120. The van der Waals surface area contributed by atoms with Gasteiger partial charge in [0.25, 0.3) is 10.2 Å². The molecule has 4 rings (SSSR count). The van der Waals surface area contributed by atoms with Crippen LogP contribution in [0.25, 0.3) is 10.9 Å². The standard InChI is InChI=1S/C24H32N4O2S/c1-18-8-6-7-15-28(18)31(29,30)26-17-22(19-11-13-20(14-12-19)27(2)3)23-16-25-24-10-5-4-9-21(23)24/h4-5,9-14,16,18,22,25-26H,6-8,15,17H2,1-3H3. The van der Waals surface area contributed by atoms with Gasteiger partial charge in [0, 0.05) is 61.9 Å². The SMILES string of the molecule is CC1CCCCN1S(=O)(=O)NCC(c1ccc(N(C)C)cc1)c1c[nH]c2ccccc12. The average Bonchev–Trinajstić information content (AvgIpc) is 3.18.